The fraction of sp³-hybridized carbons (Fsp3) is 0.571. The summed E-state index contributed by atoms with van der Waals surface area (Å²) in [4.78, 5) is 19.2. The molecule has 0 bridgehead atoms. The molecule has 6 N–H and O–H groups in total. The van der Waals surface area contributed by atoms with Crippen molar-refractivity contribution in [2.75, 3.05) is 39.6 Å². The zero-order valence-corrected chi connectivity index (χ0v) is 13.6. The Morgan fingerprint density at radius 3 is 1.04 bits per heavy atom. The molecule has 0 aliphatic heterocycles. The van der Waals surface area contributed by atoms with E-state index in [0.717, 1.165) is 0 Å². The molecule has 9 heteroatoms. The fourth-order valence-electron chi connectivity index (χ4n) is 0.231. The normalized spacial score (nSPS) is 8.09. The highest BCUT2D eigenvalue weighted by Crippen LogP contribution is 1.81. The highest BCUT2D eigenvalue weighted by molar-refractivity contribution is 5.85. The van der Waals surface area contributed by atoms with Crippen LogP contribution in [0.25, 0.3) is 0 Å². The highest BCUT2D eigenvalue weighted by Gasteiger charge is 1.90. The van der Waals surface area contributed by atoms with E-state index >= 15 is 0 Å². The summed E-state index contributed by atoms with van der Waals surface area (Å²) >= 11 is 0. The maximum atomic E-state index is 9.60. The second kappa shape index (κ2) is 25.2. The van der Waals surface area contributed by atoms with Crippen LogP contribution in [-0.2, 0) is 14.3 Å². The summed E-state index contributed by atoms with van der Waals surface area (Å²) < 4.78 is 4.63. The van der Waals surface area contributed by atoms with Gasteiger partial charge in [0.2, 0.25) is 0 Å². The number of carbonyl (C=O) groups is 2. The molecule has 0 spiro atoms. The average Bonchev–Trinajstić information content (AvgIpc) is 2.49. The summed E-state index contributed by atoms with van der Waals surface area (Å²) in [5.41, 5.74) is 0.352. The number of carboxylic acid groups (broad SMARTS) is 2. The van der Waals surface area contributed by atoms with Crippen molar-refractivity contribution in [1.29, 1.82) is 0 Å². The molecule has 0 atom stereocenters. The lowest BCUT2D eigenvalue weighted by Gasteiger charge is -1.94. The number of aliphatic hydroxyl groups is 4. The summed E-state index contributed by atoms with van der Waals surface area (Å²) in [6, 6.07) is 0. The molecule has 0 radical (unpaired) electrons. The van der Waals surface area contributed by atoms with Crippen LogP contribution < -0.4 is 0 Å². The molecule has 0 aromatic heterocycles. The fourth-order valence-corrected chi connectivity index (χ4v) is 0.231. The molecule has 0 rings (SSSR count). The average molecular weight is 340 g/mol. The van der Waals surface area contributed by atoms with Gasteiger partial charge in [-0.3, -0.25) is 0 Å². The molecule has 23 heavy (non-hydrogen) atoms. The second-order valence-electron chi connectivity index (χ2n) is 3.68. The predicted octanol–water partition coefficient (Wildman–Crippen LogP) is -0.747. The topological polar surface area (TPSA) is 165 Å². The Labute approximate surface area is 135 Å². The van der Waals surface area contributed by atoms with Crippen LogP contribution in [0.1, 0.15) is 13.8 Å². The minimum atomic E-state index is -0.935. The number of aliphatic carboxylic acids is 2. The third-order valence-corrected chi connectivity index (χ3v) is 1.30. The van der Waals surface area contributed by atoms with E-state index < -0.39 is 11.9 Å². The molecule has 0 unspecified atom stereocenters. The van der Waals surface area contributed by atoms with E-state index in [0.29, 0.717) is 13.2 Å². The van der Waals surface area contributed by atoms with Crippen LogP contribution in [0.5, 0.6) is 0 Å². The molecule has 0 saturated heterocycles. The van der Waals surface area contributed by atoms with Gasteiger partial charge in [0.05, 0.1) is 39.6 Å². The number of ether oxygens (including phenoxy) is 1. The van der Waals surface area contributed by atoms with Crippen molar-refractivity contribution in [1.82, 2.24) is 0 Å². The SMILES string of the molecule is C=C(C)C(=O)O.C=C(C)C(=O)O.OCCO.OCCOCCO. The summed E-state index contributed by atoms with van der Waals surface area (Å²) in [6.45, 7) is 9.65. The first-order valence-electron chi connectivity index (χ1n) is 6.40. The van der Waals surface area contributed by atoms with Gasteiger partial charge in [-0.15, -0.1) is 0 Å². The molecule has 0 amide bonds. The zero-order valence-electron chi connectivity index (χ0n) is 13.6. The minimum Gasteiger partial charge on any atom is -0.478 e. The molecule has 0 saturated carbocycles. The van der Waals surface area contributed by atoms with E-state index in [2.05, 4.69) is 17.9 Å². The Morgan fingerprint density at radius 1 is 0.739 bits per heavy atom. The van der Waals surface area contributed by atoms with Crippen molar-refractivity contribution in [3.63, 3.8) is 0 Å². The molecule has 9 nitrogen and oxygen atoms in total. The van der Waals surface area contributed by atoms with Gasteiger partial charge >= 0.3 is 11.9 Å². The Balaban J connectivity index is -0.000000107. The predicted molar refractivity (Wildman–Crippen MR) is 84.1 cm³/mol. The van der Waals surface area contributed by atoms with Crippen LogP contribution in [0.4, 0.5) is 0 Å². The zero-order chi connectivity index (χ0) is 19.3. The largest absolute Gasteiger partial charge is 0.478 e. The van der Waals surface area contributed by atoms with Gasteiger partial charge in [-0.2, -0.15) is 0 Å². The van der Waals surface area contributed by atoms with Gasteiger partial charge in [0.1, 0.15) is 0 Å². The first-order chi connectivity index (χ1) is 10.6. The van der Waals surface area contributed by atoms with Crippen LogP contribution in [-0.4, -0.2) is 82.2 Å². The van der Waals surface area contributed by atoms with Gasteiger partial charge < -0.3 is 35.4 Å². The maximum absolute atomic E-state index is 9.60. The smallest absolute Gasteiger partial charge is 0.330 e. The van der Waals surface area contributed by atoms with E-state index in [-0.39, 0.29) is 37.6 Å². The van der Waals surface area contributed by atoms with Crippen molar-refractivity contribution in [2.45, 2.75) is 13.8 Å². The molecule has 0 fully saturated rings. The number of carboxylic acids is 2. The lowest BCUT2D eigenvalue weighted by molar-refractivity contribution is -0.133. The van der Waals surface area contributed by atoms with Gasteiger partial charge in [-0.25, -0.2) is 9.59 Å². The van der Waals surface area contributed by atoms with Crippen LogP contribution in [0.2, 0.25) is 0 Å². The number of rotatable bonds is 7. The summed E-state index contributed by atoms with van der Waals surface area (Å²) in [5, 5.41) is 47.2. The van der Waals surface area contributed by atoms with Crippen LogP contribution >= 0.6 is 0 Å². The van der Waals surface area contributed by atoms with E-state index in [1.807, 2.05) is 0 Å². The summed E-state index contributed by atoms with van der Waals surface area (Å²) in [7, 11) is 0. The van der Waals surface area contributed by atoms with Crippen molar-refractivity contribution >= 4 is 11.9 Å². The molecule has 0 aliphatic carbocycles. The van der Waals surface area contributed by atoms with Crippen molar-refractivity contribution < 1.29 is 45.0 Å². The molecule has 0 aromatic rings. The summed E-state index contributed by atoms with van der Waals surface area (Å²) in [6.07, 6.45) is 0. The molecule has 138 valence electrons. The third kappa shape index (κ3) is 53.3. The van der Waals surface area contributed by atoms with Crippen molar-refractivity contribution in [3.05, 3.63) is 24.3 Å². The quantitative estimate of drug-likeness (QED) is 0.258. The molecule has 0 heterocycles. The minimum absolute atomic E-state index is 0.0278. The second-order valence-corrected chi connectivity index (χ2v) is 3.68. The van der Waals surface area contributed by atoms with Gasteiger partial charge in [-0.05, 0) is 13.8 Å². The van der Waals surface area contributed by atoms with Crippen LogP contribution in [0.3, 0.4) is 0 Å². The van der Waals surface area contributed by atoms with E-state index in [9.17, 15) is 9.59 Å². The Kier molecular flexibility index (Phi) is 32.0. The number of hydrogen-bond acceptors (Lipinski definition) is 7. The maximum Gasteiger partial charge on any atom is 0.330 e. The van der Waals surface area contributed by atoms with E-state index in [1.165, 1.54) is 13.8 Å². The number of hydrogen-bond donors (Lipinski definition) is 6. The highest BCUT2D eigenvalue weighted by atomic mass is 16.5. The van der Waals surface area contributed by atoms with Gasteiger partial charge in [0, 0.05) is 11.1 Å². The van der Waals surface area contributed by atoms with Gasteiger partial charge in [0.25, 0.3) is 0 Å². The monoisotopic (exact) mass is 340 g/mol. The Bertz CT molecular complexity index is 259. The third-order valence-electron chi connectivity index (χ3n) is 1.30. The Morgan fingerprint density at radius 2 is 0.957 bits per heavy atom. The van der Waals surface area contributed by atoms with E-state index in [4.69, 9.17) is 30.6 Å². The van der Waals surface area contributed by atoms with E-state index in [1.54, 1.807) is 0 Å². The standard InChI is InChI=1S/C4H10O3.2C4H6O2.C2H6O2/c5-1-3-7-4-2-6;2*1-3(2)4(5)6;3-1-2-4/h5-6H,1-4H2;2*1H2,2H3,(H,5,6);3-4H,1-2H2. The summed E-state index contributed by atoms with van der Waals surface area (Å²) in [5.74, 6) is -1.87. The molecule has 0 aliphatic rings. The molecular formula is C14H28O9. The van der Waals surface area contributed by atoms with Crippen molar-refractivity contribution in [3.8, 4) is 0 Å². The van der Waals surface area contributed by atoms with Crippen LogP contribution in [0.15, 0.2) is 24.3 Å². The van der Waals surface area contributed by atoms with Gasteiger partial charge in [0.15, 0.2) is 0 Å². The van der Waals surface area contributed by atoms with Crippen LogP contribution in [0, 0.1) is 0 Å². The van der Waals surface area contributed by atoms with Crippen molar-refractivity contribution in [2.24, 2.45) is 0 Å². The van der Waals surface area contributed by atoms with Gasteiger partial charge in [-0.1, -0.05) is 13.2 Å². The number of aliphatic hydroxyl groups excluding tert-OH is 4. The lowest BCUT2D eigenvalue weighted by Crippen LogP contribution is -2.03. The first kappa shape index (κ1) is 29.3. The molecule has 0 aromatic carbocycles. The molecular weight excluding hydrogens is 312 g/mol. The Hall–Kier alpha value is -1.78. The first-order valence-corrected chi connectivity index (χ1v) is 6.40. The lowest BCUT2D eigenvalue weighted by atomic mass is 10.4.